The van der Waals surface area contributed by atoms with Crippen LogP contribution in [0.25, 0.3) is 5.82 Å². The van der Waals surface area contributed by atoms with Gasteiger partial charge >= 0.3 is 0 Å². The Balaban J connectivity index is 1.74. The molecule has 0 aliphatic heterocycles. The maximum atomic E-state index is 12.3. The van der Waals surface area contributed by atoms with Crippen molar-refractivity contribution in [2.75, 3.05) is 11.9 Å². The minimum atomic E-state index is -0.391. The number of benzene rings is 1. The van der Waals surface area contributed by atoms with Gasteiger partial charge in [-0.05, 0) is 49.2 Å². The zero-order valence-corrected chi connectivity index (χ0v) is 14.4. The standard InChI is InChI=1S/C19H17N5O2/c1-13-6-7-16(9-14(13)2)26-12-18(25)23-19-15(10-20)11-22-24(19)17-5-3-4-8-21-17/h3-9,11H,12H2,1-2H3,(H,23,25). The zero-order chi connectivity index (χ0) is 18.5. The molecule has 7 nitrogen and oxygen atoms in total. The molecule has 0 unspecified atom stereocenters. The van der Waals surface area contributed by atoms with Gasteiger partial charge in [0.05, 0.1) is 6.20 Å². The highest BCUT2D eigenvalue weighted by Gasteiger charge is 2.16. The third-order valence-electron chi connectivity index (χ3n) is 3.86. The van der Waals surface area contributed by atoms with Crippen molar-refractivity contribution in [3.63, 3.8) is 0 Å². The second-order valence-corrected chi connectivity index (χ2v) is 5.70. The molecule has 0 aliphatic carbocycles. The quantitative estimate of drug-likeness (QED) is 0.766. The van der Waals surface area contributed by atoms with Gasteiger partial charge in [0.2, 0.25) is 0 Å². The van der Waals surface area contributed by atoms with E-state index in [0.717, 1.165) is 11.1 Å². The van der Waals surface area contributed by atoms with Gasteiger partial charge in [0.15, 0.2) is 18.2 Å². The van der Waals surface area contributed by atoms with Crippen molar-refractivity contribution < 1.29 is 9.53 Å². The number of anilines is 1. The van der Waals surface area contributed by atoms with Crippen molar-refractivity contribution in [3.8, 4) is 17.6 Å². The Hall–Kier alpha value is -3.66. The first-order valence-electron chi connectivity index (χ1n) is 7.98. The molecule has 0 saturated heterocycles. The molecule has 26 heavy (non-hydrogen) atoms. The lowest BCUT2D eigenvalue weighted by atomic mass is 10.1. The number of nitrogens with zero attached hydrogens (tertiary/aromatic N) is 4. The topological polar surface area (TPSA) is 92.8 Å². The van der Waals surface area contributed by atoms with Crippen LogP contribution in [0.15, 0.2) is 48.8 Å². The Morgan fingerprint density at radius 2 is 2.12 bits per heavy atom. The molecule has 0 bridgehead atoms. The summed E-state index contributed by atoms with van der Waals surface area (Å²) in [5, 5.41) is 16.1. The van der Waals surface area contributed by atoms with Gasteiger partial charge < -0.3 is 10.1 Å². The average molecular weight is 347 g/mol. The number of carbonyl (C=O) groups excluding carboxylic acids is 1. The molecule has 130 valence electrons. The number of nitrogens with one attached hydrogen (secondary N) is 1. The number of aryl methyl sites for hydroxylation is 2. The van der Waals surface area contributed by atoms with Crippen LogP contribution in [0.3, 0.4) is 0 Å². The minimum Gasteiger partial charge on any atom is -0.484 e. The lowest BCUT2D eigenvalue weighted by Crippen LogP contribution is -2.22. The van der Waals surface area contributed by atoms with Gasteiger partial charge in [-0.15, -0.1) is 0 Å². The first-order chi connectivity index (χ1) is 12.6. The lowest BCUT2D eigenvalue weighted by molar-refractivity contribution is -0.118. The fourth-order valence-corrected chi connectivity index (χ4v) is 2.32. The second kappa shape index (κ2) is 7.49. The molecular formula is C19H17N5O2. The van der Waals surface area contributed by atoms with Crippen LogP contribution in [0.5, 0.6) is 5.75 Å². The predicted molar refractivity (Wildman–Crippen MR) is 96.1 cm³/mol. The third kappa shape index (κ3) is 3.70. The molecule has 3 rings (SSSR count). The predicted octanol–water partition coefficient (Wildman–Crippen LogP) is 2.77. The number of pyridine rings is 1. The first-order valence-corrected chi connectivity index (χ1v) is 7.98. The largest absolute Gasteiger partial charge is 0.484 e. The molecule has 3 aromatic rings. The Bertz CT molecular complexity index is 973. The highest BCUT2D eigenvalue weighted by Crippen LogP contribution is 2.19. The van der Waals surface area contributed by atoms with E-state index in [4.69, 9.17) is 4.74 Å². The van der Waals surface area contributed by atoms with Crippen molar-refractivity contribution in [2.45, 2.75) is 13.8 Å². The number of carbonyl (C=O) groups is 1. The number of hydrogen-bond acceptors (Lipinski definition) is 5. The van der Waals surface area contributed by atoms with E-state index < -0.39 is 5.91 Å². The molecule has 1 aromatic carbocycles. The van der Waals surface area contributed by atoms with Gasteiger partial charge in [0, 0.05) is 6.20 Å². The average Bonchev–Trinajstić information content (AvgIpc) is 3.06. The van der Waals surface area contributed by atoms with Crippen molar-refractivity contribution in [1.82, 2.24) is 14.8 Å². The summed E-state index contributed by atoms with van der Waals surface area (Å²) in [6.07, 6.45) is 2.99. The lowest BCUT2D eigenvalue weighted by Gasteiger charge is -2.10. The highest BCUT2D eigenvalue weighted by atomic mass is 16.5. The van der Waals surface area contributed by atoms with Gasteiger partial charge in [-0.1, -0.05) is 12.1 Å². The van der Waals surface area contributed by atoms with Crippen LogP contribution in [-0.2, 0) is 4.79 Å². The number of aromatic nitrogens is 3. The smallest absolute Gasteiger partial charge is 0.263 e. The number of hydrogen-bond donors (Lipinski definition) is 1. The molecule has 0 spiro atoms. The van der Waals surface area contributed by atoms with Gasteiger partial charge in [0.1, 0.15) is 17.4 Å². The molecule has 0 radical (unpaired) electrons. The molecule has 1 N–H and O–H groups in total. The molecule has 0 fully saturated rings. The zero-order valence-electron chi connectivity index (χ0n) is 14.4. The molecule has 7 heteroatoms. The highest BCUT2D eigenvalue weighted by molar-refractivity contribution is 5.92. The van der Waals surface area contributed by atoms with E-state index in [9.17, 15) is 10.1 Å². The van der Waals surface area contributed by atoms with E-state index in [1.54, 1.807) is 24.4 Å². The fraction of sp³-hybridized carbons (Fsp3) is 0.158. The number of nitriles is 1. The van der Waals surface area contributed by atoms with Crippen LogP contribution in [0, 0.1) is 25.2 Å². The summed E-state index contributed by atoms with van der Waals surface area (Å²) in [5.74, 6) is 0.985. The Kier molecular flexibility index (Phi) is 4.94. The molecule has 0 atom stereocenters. The molecule has 2 aromatic heterocycles. The van der Waals surface area contributed by atoms with Crippen LogP contribution in [0.2, 0.25) is 0 Å². The van der Waals surface area contributed by atoms with E-state index in [1.165, 1.54) is 10.9 Å². The fourth-order valence-electron chi connectivity index (χ4n) is 2.32. The van der Waals surface area contributed by atoms with Gasteiger partial charge in [-0.25, -0.2) is 4.98 Å². The first kappa shape index (κ1) is 17.2. The molecular weight excluding hydrogens is 330 g/mol. The van der Waals surface area contributed by atoms with E-state index in [0.29, 0.717) is 11.6 Å². The molecule has 0 aliphatic rings. The van der Waals surface area contributed by atoms with E-state index in [2.05, 4.69) is 15.4 Å². The van der Waals surface area contributed by atoms with E-state index in [-0.39, 0.29) is 18.0 Å². The van der Waals surface area contributed by atoms with Crippen molar-refractivity contribution in [2.24, 2.45) is 0 Å². The normalized spacial score (nSPS) is 10.2. The molecule has 0 saturated carbocycles. The SMILES string of the molecule is Cc1ccc(OCC(=O)Nc2c(C#N)cnn2-c2ccccn2)cc1C. The second-order valence-electron chi connectivity index (χ2n) is 5.70. The van der Waals surface area contributed by atoms with Gasteiger partial charge in [0.25, 0.3) is 5.91 Å². The summed E-state index contributed by atoms with van der Waals surface area (Å²) in [7, 11) is 0. The van der Waals surface area contributed by atoms with Crippen molar-refractivity contribution in [3.05, 3.63) is 65.5 Å². The van der Waals surface area contributed by atoms with Crippen LogP contribution in [0.4, 0.5) is 5.82 Å². The monoisotopic (exact) mass is 347 g/mol. The summed E-state index contributed by atoms with van der Waals surface area (Å²) < 4.78 is 6.94. The van der Waals surface area contributed by atoms with Crippen LogP contribution >= 0.6 is 0 Å². The maximum Gasteiger partial charge on any atom is 0.263 e. The molecule has 1 amide bonds. The third-order valence-corrected chi connectivity index (χ3v) is 3.86. The van der Waals surface area contributed by atoms with E-state index in [1.807, 2.05) is 38.1 Å². The van der Waals surface area contributed by atoms with Crippen LogP contribution in [0.1, 0.15) is 16.7 Å². The number of ether oxygens (including phenoxy) is 1. The van der Waals surface area contributed by atoms with E-state index >= 15 is 0 Å². The summed E-state index contributed by atoms with van der Waals surface area (Å²) in [6, 6.07) is 12.9. The van der Waals surface area contributed by atoms with Crippen molar-refractivity contribution >= 4 is 11.7 Å². The summed E-state index contributed by atoms with van der Waals surface area (Å²) >= 11 is 0. The summed E-state index contributed by atoms with van der Waals surface area (Å²) in [4.78, 5) is 16.5. The Morgan fingerprint density at radius 1 is 1.27 bits per heavy atom. The minimum absolute atomic E-state index is 0.180. The summed E-state index contributed by atoms with van der Waals surface area (Å²) in [5.41, 5.74) is 2.48. The Labute approximate surface area is 150 Å². The number of amides is 1. The Morgan fingerprint density at radius 3 is 2.81 bits per heavy atom. The van der Waals surface area contributed by atoms with Crippen LogP contribution < -0.4 is 10.1 Å². The van der Waals surface area contributed by atoms with Crippen molar-refractivity contribution in [1.29, 1.82) is 5.26 Å². The van der Waals surface area contributed by atoms with Gasteiger partial charge in [-0.2, -0.15) is 15.0 Å². The maximum absolute atomic E-state index is 12.3. The molecule has 2 heterocycles. The number of rotatable bonds is 5. The van der Waals surface area contributed by atoms with Gasteiger partial charge in [-0.3, -0.25) is 4.79 Å². The summed E-state index contributed by atoms with van der Waals surface area (Å²) in [6.45, 7) is 3.81. The van der Waals surface area contributed by atoms with Crippen LogP contribution in [-0.4, -0.2) is 27.3 Å².